The van der Waals surface area contributed by atoms with Crippen molar-refractivity contribution in [2.75, 3.05) is 13.7 Å². The van der Waals surface area contributed by atoms with E-state index in [9.17, 15) is 9.59 Å². The van der Waals surface area contributed by atoms with Gasteiger partial charge in [-0.15, -0.1) is 0 Å². The van der Waals surface area contributed by atoms with Crippen LogP contribution in [-0.4, -0.2) is 35.9 Å². The van der Waals surface area contributed by atoms with E-state index in [4.69, 9.17) is 14.9 Å². The van der Waals surface area contributed by atoms with Crippen molar-refractivity contribution in [3.8, 4) is 11.5 Å². The number of halogens is 1. The molecule has 2 N–H and O–H groups in total. The van der Waals surface area contributed by atoms with E-state index in [1.807, 2.05) is 6.92 Å². The van der Waals surface area contributed by atoms with Gasteiger partial charge < -0.3 is 32.1 Å². The molecule has 8 heteroatoms. The number of methoxy groups -OCH3 is 1. The van der Waals surface area contributed by atoms with Crippen LogP contribution in [0.25, 0.3) is 0 Å². The Kier molecular flexibility index (Phi) is 14.7. The molecule has 2 rings (SSSR count). The van der Waals surface area contributed by atoms with Gasteiger partial charge in [0.2, 0.25) is 0 Å². The summed E-state index contributed by atoms with van der Waals surface area (Å²) in [6.45, 7) is 2.36. The molecule has 0 aliphatic heterocycles. The first-order valence-electron chi connectivity index (χ1n) is 7.31. The van der Waals surface area contributed by atoms with E-state index < -0.39 is 5.97 Å². The zero-order valence-electron chi connectivity index (χ0n) is 14.9. The molecule has 0 amide bonds. The Morgan fingerprint density at radius 1 is 0.846 bits per heavy atom. The number of hydrogen-bond donors (Lipinski definition) is 2. The van der Waals surface area contributed by atoms with E-state index in [0.29, 0.717) is 17.7 Å². The van der Waals surface area contributed by atoms with Crippen molar-refractivity contribution in [1.29, 1.82) is 0 Å². The van der Waals surface area contributed by atoms with Crippen LogP contribution >= 0.6 is 0 Å². The van der Waals surface area contributed by atoms with Crippen molar-refractivity contribution >= 4 is 11.9 Å². The van der Waals surface area contributed by atoms with Gasteiger partial charge in [-0.2, -0.15) is 0 Å². The molecule has 0 atom stereocenters. The molecule has 136 valence electrons. The van der Waals surface area contributed by atoms with Gasteiger partial charge in [0.15, 0.2) is 0 Å². The van der Waals surface area contributed by atoms with Crippen LogP contribution in [0, 0.1) is 0 Å². The van der Waals surface area contributed by atoms with E-state index >= 15 is 0 Å². The molecule has 2 aromatic carbocycles. The second-order valence-corrected chi connectivity index (χ2v) is 4.72. The molecule has 0 unspecified atom stereocenters. The smallest absolute Gasteiger partial charge is 1.00 e. The Balaban J connectivity index is 0. The number of carbonyl (C=O) groups excluding carboxylic acids is 2. The molecule has 0 aliphatic rings. The second kappa shape index (κ2) is 14.4. The number of benzene rings is 2. The number of phenolic OH excluding ortho intramolecular Hbond substituents is 2. The van der Waals surface area contributed by atoms with Crippen molar-refractivity contribution in [3.63, 3.8) is 0 Å². The SMILES string of the molecule is CCCOC(=O)c1ccc(O)cc1.COC(=O)c1ccc(O)cc1.[Cl-].[Na+]. The normalized spacial score (nSPS) is 8.69. The summed E-state index contributed by atoms with van der Waals surface area (Å²) in [6.07, 6.45) is 0.809. The van der Waals surface area contributed by atoms with Gasteiger partial charge >= 0.3 is 41.5 Å². The van der Waals surface area contributed by atoms with Crippen molar-refractivity contribution in [2.24, 2.45) is 0 Å². The van der Waals surface area contributed by atoms with Crippen LogP contribution in [-0.2, 0) is 9.47 Å². The number of phenols is 2. The zero-order chi connectivity index (χ0) is 17.9. The van der Waals surface area contributed by atoms with Crippen LogP contribution in [0.2, 0.25) is 0 Å². The van der Waals surface area contributed by atoms with Crippen LogP contribution in [0.3, 0.4) is 0 Å². The van der Waals surface area contributed by atoms with E-state index in [1.165, 1.54) is 55.6 Å². The Labute approximate surface area is 180 Å². The Morgan fingerprint density at radius 3 is 1.58 bits per heavy atom. The predicted octanol–water partition coefficient (Wildman–Crippen LogP) is -2.85. The summed E-state index contributed by atoms with van der Waals surface area (Å²) in [6, 6.07) is 11.9. The quantitative estimate of drug-likeness (QED) is 0.431. The molecule has 26 heavy (non-hydrogen) atoms. The van der Waals surface area contributed by atoms with E-state index in [-0.39, 0.29) is 59.4 Å². The largest absolute Gasteiger partial charge is 1.00 e. The summed E-state index contributed by atoms with van der Waals surface area (Å²) in [7, 11) is 1.31. The molecule has 0 saturated heterocycles. The van der Waals surface area contributed by atoms with Crippen molar-refractivity contribution in [2.45, 2.75) is 13.3 Å². The van der Waals surface area contributed by atoms with Crippen LogP contribution in [0.1, 0.15) is 34.1 Å². The summed E-state index contributed by atoms with van der Waals surface area (Å²) < 4.78 is 9.35. The maximum absolute atomic E-state index is 11.2. The minimum Gasteiger partial charge on any atom is -1.00 e. The summed E-state index contributed by atoms with van der Waals surface area (Å²) in [5, 5.41) is 17.8. The van der Waals surface area contributed by atoms with Crippen LogP contribution in [0.5, 0.6) is 11.5 Å². The van der Waals surface area contributed by atoms with Gasteiger partial charge in [-0.05, 0) is 55.0 Å². The summed E-state index contributed by atoms with van der Waals surface area (Å²) in [4.78, 5) is 22.0. The molecule has 0 heterocycles. The number of carbonyl (C=O) groups is 2. The predicted molar refractivity (Wildman–Crippen MR) is 88.1 cm³/mol. The van der Waals surface area contributed by atoms with Crippen LogP contribution < -0.4 is 42.0 Å². The molecule has 0 saturated carbocycles. The molecule has 0 spiro atoms. The van der Waals surface area contributed by atoms with Gasteiger partial charge in [-0.3, -0.25) is 0 Å². The fraction of sp³-hybridized carbons (Fsp3) is 0.222. The molecule has 0 aromatic heterocycles. The fourth-order valence-electron chi connectivity index (χ4n) is 1.59. The number of hydrogen-bond acceptors (Lipinski definition) is 6. The number of aromatic hydroxyl groups is 2. The summed E-state index contributed by atoms with van der Waals surface area (Å²) in [5.74, 6) is -0.462. The van der Waals surface area contributed by atoms with Gasteiger partial charge in [0, 0.05) is 0 Å². The molecule has 0 aliphatic carbocycles. The fourth-order valence-corrected chi connectivity index (χ4v) is 1.59. The molecule has 0 radical (unpaired) electrons. The Morgan fingerprint density at radius 2 is 1.23 bits per heavy atom. The van der Waals surface area contributed by atoms with E-state index in [0.717, 1.165) is 6.42 Å². The first kappa shape index (κ1) is 26.5. The van der Waals surface area contributed by atoms with Crippen molar-refractivity contribution < 1.29 is 71.2 Å². The second-order valence-electron chi connectivity index (χ2n) is 4.72. The molecule has 6 nitrogen and oxygen atoms in total. The molecule has 0 bridgehead atoms. The van der Waals surface area contributed by atoms with Crippen molar-refractivity contribution in [1.82, 2.24) is 0 Å². The average Bonchev–Trinajstić information content (AvgIpc) is 2.61. The third kappa shape index (κ3) is 9.68. The first-order chi connectivity index (χ1) is 11.5. The maximum atomic E-state index is 11.2. The van der Waals surface area contributed by atoms with Crippen LogP contribution in [0.15, 0.2) is 48.5 Å². The minimum absolute atomic E-state index is 0. The Bertz CT molecular complexity index is 658. The average molecular weight is 391 g/mol. The number of ether oxygens (including phenoxy) is 2. The minimum atomic E-state index is -0.398. The van der Waals surface area contributed by atoms with Gasteiger partial charge in [0.25, 0.3) is 0 Å². The third-order valence-electron chi connectivity index (χ3n) is 2.83. The standard InChI is InChI=1S/C10H12O3.C8H8O3.ClH.Na/c1-2-7-13-10(12)8-3-5-9(11)6-4-8;1-11-8(10)6-2-4-7(9)5-3-6;;/h3-6,11H,2,7H2,1H3;2-5,9H,1H3;1H;/q;;;+1/p-1. The zero-order valence-corrected chi connectivity index (χ0v) is 17.7. The first-order valence-corrected chi connectivity index (χ1v) is 7.31. The topological polar surface area (TPSA) is 93.1 Å². The van der Waals surface area contributed by atoms with Gasteiger partial charge in [0.05, 0.1) is 24.8 Å². The van der Waals surface area contributed by atoms with Gasteiger partial charge in [-0.1, -0.05) is 6.92 Å². The maximum Gasteiger partial charge on any atom is 1.00 e. The van der Waals surface area contributed by atoms with Gasteiger partial charge in [0.1, 0.15) is 11.5 Å². The summed E-state index contributed by atoms with van der Waals surface area (Å²) in [5.41, 5.74) is 0.900. The molecular weight excluding hydrogens is 371 g/mol. The number of esters is 2. The Hall–Kier alpha value is -1.73. The number of rotatable bonds is 4. The molecule has 0 fully saturated rings. The van der Waals surface area contributed by atoms with E-state index in [1.54, 1.807) is 0 Å². The third-order valence-corrected chi connectivity index (χ3v) is 2.83. The molecular formula is C18H20ClNaO6. The van der Waals surface area contributed by atoms with E-state index in [2.05, 4.69) is 4.74 Å². The summed E-state index contributed by atoms with van der Waals surface area (Å²) >= 11 is 0. The van der Waals surface area contributed by atoms with Crippen molar-refractivity contribution in [3.05, 3.63) is 59.7 Å². The van der Waals surface area contributed by atoms with Gasteiger partial charge in [-0.25, -0.2) is 9.59 Å². The molecule has 2 aromatic rings. The monoisotopic (exact) mass is 390 g/mol. The van der Waals surface area contributed by atoms with Crippen LogP contribution in [0.4, 0.5) is 0 Å².